The van der Waals surface area contributed by atoms with E-state index in [-0.39, 0.29) is 30.4 Å². The van der Waals surface area contributed by atoms with Gasteiger partial charge in [-0.15, -0.1) is 0 Å². The summed E-state index contributed by atoms with van der Waals surface area (Å²) in [5.74, 6) is 1.01. The molecule has 1 heterocycles. The van der Waals surface area contributed by atoms with Crippen molar-refractivity contribution < 1.29 is 13.2 Å². The highest BCUT2D eigenvalue weighted by atomic mass is 32.2. The number of amides is 2. The quantitative estimate of drug-likeness (QED) is 0.332. The summed E-state index contributed by atoms with van der Waals surface area (Å²) in [5.41, 5.74) is 1.11. The highest BCUT2D eigenvalue weighted by Crippen LogP contribution is 2.19. The fourth-order valence-corrected chi connectivity index (χ4v) is 5.82. The molecule has 0 aliphatic rings. The molecule has 0 saturated heterocycles. The Morgan fingerprint density at radius 2 is 1.68 bits per heavy atom. The minimum Gasteiger partial charge on any atom is -0.331 e. The highest BCUT2D eigenvalue weighted by Gasteiger charge is 2.25. The van der Waals surface area contributed by atoms with Crippen molar-refractivity contribution in [3.05, 3.63) is 47.5 Å². The van der Waals surface area contributed by atoms with Crippen molar-refractivity contribution in [2.75, 3.05) is 25.4 Å². The average Bonchev–Trinajstić information content (AvgIpc) is 3.23. The second-order valence-electron chi connectivity index (χ2n) is 10.2. The molecule has 38 heavy (non-hydrogen) atoms. The molecule has 0 bridgehead atoms. The van der Waals surface area contributed by atoms with Crippen LogP contribution in [0.2, 0.25) is 0 Å². The van der Waals surface area contributed by atoms with Gasteiger partial charge in [-0.25, -0.2) is 22.9 Å². The van der Waals surface area contributed by atoms with Crippen molar-refractivity contribution in [2.24, 2.45) is 7.05 Å². The molecule has 0 saturated carbocycles. The summed E-state index contributed by atoms with van der Waals surface area (Å²) < 4.78 is 30.5. The first-order valence-electron chi connectivity index (χ1n) is 13.7. The third kappa shape index (κ3) is 9.99. The van der Waals surface area contributed by atoms with E-state index in [9.17, 15) is 13.2 Å². The van der Waals surface area contributed by atoms with E-state index in [1.807, 2.05) is 58.0 Å². The van der Waals surface area contributed by atoms with Crippen LogP contribution in [-0.4, -0.2) is 76.5 Å². The number of rotatable bonds is 16. The molecule has 2 aromatic rings. The third-order valence-corrected chi connectivity index (χ3v) is 8.06. The van der Waals surface area contributed by atoms with Crippen LogP contribution >= 0.6 is 0 Å². The molecule has 0 radical (unpaired) electrons. The summed E-state index contributed by atoms with van der Waals surface area (Å²) in [6, 6.07) is 9.32. The average molecular weight is 550 g/mol. The normalized spacial score (nSPS) is 12.9. The monoisotopic (exact) mass is 549 g/mol. The van der Waals surface area contributed by atoms with Crippen LogP contribution in [0, 0.1) is 0 Å². The van der Waals surface area contributed by atoms with Gasteiger partial charge in [-0.3, -0.25) is 4.68 Å². The molecule has 1 atom stereocenters. The molecule has 0 aliphatic heterocycles. The second kappa shape index (κ2) is 15.2. The van der Waals surface area contributed by atoms with E-state index < -0.39 is 16.1 Å². The maximum atomic E-state index is 13.0. The Kier molecular flexibility index (Phi) is 12.7. The lowest BCUT2D eigenvalue weighted by Crippen LogP contribution is -2.47. The van der Waals surface area contributed by atoms with Crippen molar-refractivity contribution in [1.29, 1.82) is 0 Å². The molecule has 0 aliphatic carbocycles. The lowest BCUT2D eigenvalue weighted by molar-refractivity contribution is 0.164. The Morgan fingerprint density at radius 3 is 2.26 bits per heavy atom. The van der Waals surface area contributed by atoms with Crippen LogP contribution < -0.4 is 10.0 Å². The largest absolute Gasteiger partial charge is 0.331 e. The van der Waals surface area contributed by atoms with Crippen LogP contribution in [0.4, 0.5) is 4.79 Å². The number of aromatic nitrogens is 3. The van der Waals surface area contributed by atoms with Gasteiger partial charge in [0.25, 0.3) is 0 Å². The molecule has 1 aromatic carbocycles. The van der Waals surface area contributed by atoms with Gasteiger partial charge >= 0.3 is 6.03 Å². The molecular weight excluding hydrogens is 502 g/mol. The Hall–Kier alpha value is -2.50. The number of sulfonamides is 1. The van der Waals surface area contributed by atoms with E-state index in [2.05, 4.69) is 38.9 Å². The molecule has 0 spiro atoms. The Morgan fingerprint density at radius 1 is 1.05 bits per heavy atom. The van der Waals surface area contributed by atoms with E-state index >= 15 is 0 Å². The van der Waals surface area contributed by atoms with Gasteiger partial charge in [0, 0.05) is 19.1 Å². The SMILES string of the molecule is CCN(CC)CCCS(=O)(=O)N[C@H](CCc1ccccc1)c1nc(CNC(=O)N(C(C)C)C(C)C)n(C)n1. The van der Waals surface area contributed by atoms with E-state index in [4.69, 9.17) is 0 Å². The molecule has 214 valence electrons. The first-order chi connectivity index (χ1) is 18.0. The van der Waals surface area contributed by atoms with Crippen molar-refractivity contribution >= 4 is 16.1 Å². The predicted molar refractivity (Wildman–Crippen MR) is 152 cm³/mol. The maximum Gasteiger partial charge on any atom is 0.318 e. The molecular formula is C27H47N7O3S. The Labute approximate surface area is 229 Å². The van der Waals surface area contributed by atoms with Crippen LogP contribution in [0.15, 0.2) is 30.3 Å². The van der Waals surface area contributed by atoms with Gasteiger partial charge in [0.1, 0.15) is 5.82 Å². The van der Waals surface area contributed by atoms with Crippen LogP contribution in [0.3, 0.4) is 0 Å². The summed E-state index contributed by atoms with van der Waals surface area (Å²) in [6.45, 7) is 14.8. The van der Waals surface area contributed by atoms with Crippen LogP contribution in [0.1, 0.15) is 77.6 Å². The van der Waals surface area contributed by atoms with Crippen LogP contribution in [0.5, 0.6) is 0 Å². The molecule has 10 nitrogen and oxygen atoms in total. The van der Waals surface area contributed by atoms with E-state index in [0.717, 1.165) is 25.2 Å². The summed E-state index contributed by atoms with van der Waals surface area (Å²) >= 11 is 0. The van der Waals surface area contributed by atoms with E-state index in [1.54, 1.807) is 16.6 Å². The van der Waals surface area contributed by atoms with Crippen molar-refractivity contribution in [1.82, 2.24) is 34.6 Å². The maximum absolute atomic E-state index is 13.0. The number of benzene rings is 1. The van der Waals surface area contributed by atoms with Gasteiger partial charge in [-0.2, -0.15) is 5.10 Å². The topological polar surface area (TPSA) is 112 Å². The zero-order chi connectivity index (χ0) is 28.3. The molecule has 0 fully saturated rings. The number of hydrogen-bond acceptors (Lipinski definition) is 6. The smallest absolute Gasteiger partial charge is 0.318 e. The molecule has 2 amide bonds. The summed E-state index contributed by atoms with van der Waals surface area (Å²) in [4.78, 5) is 21.4. The van der Waals surface area contributed by atoms with Crippen LogP contribution in [-0.2, 0) is 30.0 Å². The summed E-state index contributed by atoms with van der Waals surface area (Å²) in [6.07, 6.45) is 1.75. The van der Waals surface area contributed by atoms with Crippen molar-refractivity contribution in [3.8, 4) is 0 Å². The minimum atomic E-state index is -3.55. The molecule has 1 aromatic heterocycles. The first-order valence-corrected chi connectivity index (χ1v) is 15.3. The molecule has 2 rings (SSSR count). The van der Waals surface area contributed by atoms with E-state index in [1.165, 1.54) is 0 Å². The lowest BCUT2D eigenvalue weighted by Gasteiger charge is -2.30. The van der Waals surface area contributed by atoms with Gasteiger partial charge < -0.3 is 15.1 Å². The number of nitrogens with zero attached hydrogens (tertiary/aromatic N) is 5. The third-order valence-electron chi connectivity index (χ3n) is 6.59. The fourth-order valence-electron chi connectivity index (χ4n) is 4.54. The number of aryl methyl sites for hydroxylation is 2. The number of carbonyl (C=O) groups excluding carboxylic acids is 1. The molecule has 11 heteroatoms. The number of urea groups is 1. The van der Waals surface area contributed by atoms with Gasteiger partial charge in [0.2, 0.25) is 10.0 Å². The fraction of sp³-hybridized carbons (Fsp3) is 0.667. The zero-order valence-electron chi connectivity index (χ0n) is 24.1. The number of nitrogens with one attached hydrogen (secondary N) is 2. The second-order valence-corrected chi connectivity index (χ2v) is 12.0. The van der Waals surface area contributed by atoms with Crippen LogP contribution in [0.25, 0.3) is 0 Å². The van der Waals surface area contributed by atoms with Gasteiger partial charge in [-0.05, 0) is 72.2 Å². The zero-order valence-corrected chi connectivity index (χ0v) is 25.0. The first kappa shape index (κ1) is 31.7. The number of hydrogen-bond donors (Lipinski definition) is 2. The summed E-state index contributed by atoms with van der Waals surface area (Å²) in [5, 5.41) is 7.47. The van der Waals surface area contributed by atoms with E-state index in [0.29, 0.717) is 30.9 Å². The summed E-state index contributed by atoms with van der Waals surface area (Å²) in [7, 11) is -1.79. The van der Waals surface area contributed by atoms with Gasteiger partial charge in [-0.1, -0.05) is 44.2 Å². The highest BCUT2D eigenvalue weighted by molar-refractivity contribution is 7.89. The Balaban J connectivity index is 2.16. The standard InChI is InChI=1S/C27H47N7O3S/c1-8-33(9-2)18-13-19-38(36,37)31-24(17-16-23-14-11-10-12-15-23)26-29-25(32(7)30-26)20-28-27(35)34(21(3)4)22(5)6/h10-12,14-15,21-22,24,31H,8-9,13,16-20H2,1-7H3,(H,28,35)/t24-/m1/s1. The van der Waals surface area contributed by atoms with Gasteiger partial charge in [0.15, 0.2) is 5.82 Å². The predicted octanol–water partition coefficient (Wildman–Crippen LogP) is 3.47. The lowest BCUT2D eigenvalue weighted by atomic mass is 10.1. The number of carbonyl (C=O) groups is 1. The molecule has 2 N–H and O–H groups in total. The van der Waals surface area contributed by atoms with Crippen molar-refractivity contribution in [2.45, 2.75) is 85.5 Å². The molecule has 0 unspecified atom stereocenters. The van der Waals surface area contributed by atoms with Gasteiger partial charge in [0.05, 0.1) is 18.3 Å². The Bertz CT molecular complexity index is 1080. The van der Waals surface area contributed by atoms with Crippen molar-refractivity contribution in [3.63, 3.8) is 0 Å². The minimum absolute atomic E-state index is 0.0430.